The number of nitrogens with zero attached hydrogens (tertiary/aromatic N) is 2. The number of rotatable bonds is 4. The van der Waals surface area contributed by atoms with E-state index in [0.717, 1.165) is 47.4 Å². The average molecular weight is 423 g/mol. The highest BCUT2D eigenvalue weighted by Gasteiger charge is 2.38. The quantitative estimate of drug-likeness (QED) is 0.671. The fraction of sp³-hybridized carbons (Fsp3) is 0.348. The number of nitrogens with one attached hydrogen (secondary N) is 1. The number of benzene rings is 2. The zero-order valence-electron chi connectivity index (χ0n) is 17.1. The van der Waals surface area contributed by atoms with Gasteiger partial charge in [-0.05, 0) is 43.5 Å². The van der Waals surface area contributed by atoms with Crippen LogP contribution in [0.1, 0.15) is 24.0 Å². The first-order chi connectivity index (χ1) is 14.3. The third kappa shape index (κ3) is 3.63. The summed E-state index contributed by atoms with van der Waals surface area (Å²) in [6.45, 7) is 3.71. The number of aryl methyl sites for hydroxylation is 1. The molecule has 1 aromatic heterocycles. The molecule has 1 fully saturated rings. The van der Waals surface area contributed by atoms with E-state index in [4.69, 9.17) is 10.7 Å². The van der Waals surface area contributed by atoms with Gasteiger partial charge in [0, 0.05) is 42.3 Å². The second-order valence-electron chi connectivity index (χ2n) is 8.61. The van der Waals surface area contributed by atoms with E-state index < -0.39 is 9.84 Å². The average Bonchev–Trinajstić information content (AvgIpc) is 3.48. The van der Waals surface area contributed by atoms with Crippen LogP contribution in [-0.4, -0.2) is 37.8 Å². The van der Waals surface area contributed by atoms with Gasteiger partial charge < -0.3 is 16.0 Å². The van der Waals surface area contributed by atoms with Crippen molar-refractivity contribution in [2.24, 2.45) is 5.73 Å². The van der Waals surface area contributed by atoms with E-state index in [9.17, 15) is 8.42 Å². The summed E-state index contributed by atoms with van der Waals surface area (Å²) < 4.78 is 25.5. The van der Waals surface area contributed by atoms with Crippen LogP contribution in [0.15, 0.2) is 53.4 Å². The number of hydrogen-bond acceptors (Lipinski definition) is 6. The van der Waals surface area contributed by atoms with Crippen LogP contribution in [0.3, 0.4) is 0 Å². The summed E-state index contributed by atoms with van der Waals surface area (Å²) in [6.07, 6.45) is 2.07. The van der Waals surface area contributed by atoms with Crippen LogP contribution in [-0.2, 0) is 16.4 Å². The molecule has 0 unspecified atom stereocenters. The molecule has 3 N–H and O–H groups in total. The maximum absolute atomic E-state index is 12.7. The lowest BCUT2D eigenvalue weighted by Gasteiger charge is -2.24. The summed E-state index contributed by atoms with van der Waals surface area (Å²) >= 11 is 0. The Bertz CT molecular complexity index is 1240. The number of pyridine rings is 1. The normalized spacial score (nSPS) is 19.2. The van der Waals surface area contributed by atoms with Crippen LogP contribution in [0.5, 0.6) is 0 Å². The van der Waals surface area contributed by atoms with Crippen LogP contribution >= 0.6 is 0 Å². The smallest absolute Gasteiger partial charge is 0.180 e. The summed E-state index contributed by atoms with van der Waals surface area (Å²) in [5, 5.41) is 4.60. The Labute approximate surface area is 177 Å². The zero-order chi connectivity index (χ0) is 20.9. The fourth-order valence-electron chi connectivity index (χ4n) is 4.00. The number of nitrogens with two attached hydrogens (primary N) is 1. The van der Waals surface area contributed by atoms with Crippen molar-refractivity contribution in [2.75, 3.05) is 29.1 Å². The van der Waals surface area contributed by atoms with Gasteiger partial charge in [-0.2, -0.15) is 0 Å². The van der Waals surface area contributed by atoms with Gasteiger partial charge in [-0.3, -0.25) is 0 Å². The fourth-order valence-corrected chi connectivity index (χ4v) is 5.50. The molecule has 6 nitrogen and oxygen atoms in total. The first-order valence-electron chi connectivity index (χ1n) is 10.3. The molecule has 5 rings (SSSR count). The molecule has 0 radical (unpaired) electrons. The molecule has 30 heavy (non-hydrogen) atoms. The lowest BCUT2D eigenvalue weighted by molar-refractivity contribution is 0.596. The molecule has 7 heteroatoms. The van der Waals surface area contributed by atoms with Gasteiger partial charge in [-0.25, -0.2) is 13.4 Å². The molecule has 1 aliphatic carbocycles. The Kier molecular flexibility index (Phi) is 4.48. The zero-order valence-corrected chi connectivity index (χ0v) is 17.9. The minimum atomic E-state index is -3.30. The topological polar surface area (TPSA) is 88.3 Å². The Morgan fingerprint density at radius 1 is 1.17 bits per heavy atom. The van der Waals surface area contributed by atoms with Gasteiger partial charge in [-0.1, -0.05) is 29.8 Å². The van der Waals surface area contributed by atoms with Crippen LogP contribution < -0.4 is 16.0 Å². The molecule has 1 aliphatic heterocycles. The lowest BCUT2D eigenvalue weighted by atomic mass is 10.1. The van der Waals surface area contributed by atoms with Crippen molar-refractivity contribution >= 4 is 32.2 Å². The van der Waals surface area contributed by atoms with Gasteiger partial charge in [-0.15, -0.1) is 0 Å². The molecule has 1 saturated carbocycles. The number of aromatic nitrogens is 1. The van der Waals surface area contributed by atoms with Gasteiger partial charge in [0.2, 0.25) is 0 Å². The highest BCUT2D eigenvalue weighted by Crippen LogP contribution is 2.35. The lowest BCUT2D eigenvalue weighted by Crippen LogP contribution is -2.31. The standard InChI is InChI=1S/C23H26N4O2S/c1-16-6-7-19-18(12-16)20(25-15-23(24)8-9-23)13-22(26-19)27-10-11-30(28,29)21-5-3-2-4-17(21)14-27/h2-7,12-13H,8-11,14-15,24H2,1H3,(H,25,26). The van der Waals surface area contributed by atoms with E-state index in [1.54, 1.807) is 12.1 Å². The molecule has 0 spiro atoms. The maximum Gasteiger partial charge on any atom is 0.180 e. The Hall–Kier alpha value is -2.64. The highest BCUT2D eigenvalue weighted by atomic mass is 32.2. The number of sulfone groups is 1. The largest absolute Gasteiger partial charge is 0.383 e. The molecule has 2 aliphatic rings. The first-order valence-corrected chi connectivity index (χ1v) is 12.0. The van der Waals surface area contributed by atoms with Crippen molar-refractivity contribution in [1.82, 2.24) is 4.98 Å². The summed E-state index contributed by atoms with van der Waals surface area (Å²) in [5.41, 5.74) is 10.1. The molecular formula is C23H26N4O2S. The van der Waals surface area contributed by atoms with E-state index in [-0.39, 0.29) is 11.3 Å². The third-order valence-electron chi connectivity index (χ3n) is 6.10. The second kappa shape index (κ2) is 6.96. The van der Waals surface area contributed by atoms with Crippen molar-refractivity contribution < 1.29 is 8.42 Å². The minimum absolute atomic E-state index is 0.0757. The Balaban J connectivity index is 1.56. The van der Waals surface area contributed by atoms with Gasteiger partial charge in [0.1, 0.15) is 5.82 Å². The molecule has 3 aromatic rings. The van der Waals surface area contributed by atoms with Crippen molar-refractivity contribution in [3.8, 4) is 0 Å². The van der Waals surface area contributed by atoms with Crippen molar-refractivity contribution in [1.29, 1.82) is 0 Å². The van der Waals surface area contributed by atoms with E-state index in [0.29, 0.717) is 18.0 Å². The molecule has 0 atom stereocenters. The van der Waals surface area contributed by atoms with E-state index in [1.165, 1.54) is 5.56 Å². The van der Waals surface area contributed by atoms with Gasteiger partial charge >= 0.3 is 0 Å². The van der Waals surface area contributed by atoms with Crippen molar-refractivity contribution in [3.05, 3.63) is 59.7 Å². The van der Waals surface area contributed by atoms with Gasteiger partial charge in [0.25, 0.3) is 0 Å². The van der Waals surface area contributed by atoms with E-state index in [1.807, 2.05) is 24.3 Å². The van der Waals surface area contributed by atoms with Crippen LogP contribution in [0.4, 0.5) is 11.5 Å². The number of hydrogen-bond donors (Lipinski definition) is 2. The monoisotopic (exact) mass is 422 g/mol. The first kappa shape index (κ1) is 19.3. The van der Waals surface area contributed by atoms with Crippen LogP contribution in [0.2, 0.25) is 0 Å². The molecular weight excluding hydrogens is 396 g/mol. The predicted octanol–water partition coefficient (Wildman–Crippen LogP) is 3.24. The van der Waals surface area contributed by atoms with Crippen LogP contribution in [0, 0.1) is 6.92 Å². The SMILES string of the molecule is Cc1ccc2nc(N3CCS(=O)(=O)c4ccccc4C3)cc(NCC3(N)CC3)c2c1. The third-order valence-corrected chi connectivity index (χ3v) is 7.89. The summed E-state index contributed by atoms with van der Waals surface area (Å²) in [4.78, 5) is 7.37. The summed E-state index contributed by atoms with van der Waals surface area (Å²) in [5.74, 6) is 0.856. The van der Waals surface area contributed by atoms with Gasteiger partial charge in [0.05, 0.1) is 16.2 Å². The minimum Gasteiger partial charge on any atom is -0.383 e. The Morgan fingerprint density at radius 3 is 2.77 bits per heavy atom. The van der Waals surface area contributed by atoms with Crippen LogP contribution in [0.25, 0.3) is 10.9 Å². The molecule has 2 aromatic carbocycles. The van der Waals surface area contributed by atoms with Crippen molar-refractivity contribution in [2.45, 2.75) is 36.7 Å². The summed E-state index contributed by atoms with van der Waals surface area (Å²) in [6, 6.07) is 15.5. The maximum atomic E-state index is 12.7. The highest BCUT2D eigenvalue weighted by molar-refractivity contribution is 7.91. The molecule has 0 bridgehead atoms. The molecule has 0 amide bonds. The second-order valence-corrected chi connectivity index (χ2v) is 10.7. The van der Waals surface area contributed by atoms with E-state index >= 15 is 0 Å². The summed E-state index contributed by atoms with van der Waals surface area (Å²) in [7, 11) is -3.30. The molecule has 156 valence electrons. The number of fused-ring (bicyclic) bond motifs is 2. The molecule has 0 saturated heterocycles. The Morgan fingerprint density at radius 2 is 1.97 bits per heavy atom. The predicted molar refractivity (Wildman–Crippen MR) is 121 cm³/mol. The number of anilines is 2. The van der Waals surface area contributed by atoms with Crippen molar-refractivity contribution in [3.63, 3.8) is 0 Å². The van der Waals surface area contributed by atoms with Gasteiger partial charge in [0.15, 0.2) is 9.84 Å². The van der Waals surface area contributed by atoms with E-state index in [2.05, 4.69) is 29.3 Å². The molecule has 2 heterocycles.